The Hall–Kier alpha value is -4.54. The summed E-state index contributed by atoms with van der Waals surface area (Å²) in [7, 11) is 0. The molecule has 3 aromatic rings. The summed E-state index contributed by atoms with van der Waals surface area (Å²) in [6.07, 6.45) is 3.18. The van der Waals surface area contributed by atoms with E-state index in [-0.39, 0.29) is 47.7 Å². The summed E-state index contributed by atoms with van der Waals surface area (Å²) < 4.78 is 35.3. The molecule has 0 aliphatic carbocycles. The maximum Gasteiger partial charge on any atom is 0.274 e. The third kappa shape index (κ3) is 4.82. The molecule has 6 rings (SSSR count). The number of pyridine rings is 1. The van der Waals surface area contributed by atoms with Crippen LogP contribution in [0.5, 0.6) is 5.75 Å². The number of benzene rings is 2. The molecule has 2 amide bonds. The lowest BCUT2D eigenvalue weighted by atomic mass is 9.84. The minimum atomic E-state index is -0.821. The van der Waals surface area contributed by atoms with Crippen molar-refractivity contribution in [2.75, 3.05) is 6.54 Å². The third-order valence-corrected chi connectivity index (χ3v) is 8.35. The van der Waals surface area contributed by atoms with E-state index in [2.05, 4.69) is 10.5 Å². The van der Waals surface area contributed by atoms with Crippen LogP contribution in [0.4, 0.5) is 8.78 Å². The lowest BCUT2D eigenvalue weighted by Crippen LogP contribution is -2.52. The molecule has 3 aliphatic heterocycles. The number of fused-ring (bicyclic) bond motifs is 5. The van der Waals surface area contributed by atoms with Gasteiger partial charge in [-0.25, -0.2) is 8.78 Å². The SMILES string of the molecule is CC1=NO[C@]2(CC[C@H](C)N3CC2n2cc(C(=O)NCc4ccc(F)cc4F)c(=O)c(OCc4ccccc4)c2C3=O)C1. The number of amides is 2. The van der Waals surface area contributed by atoms with E-state index in [9.17, 15) is 23.2 Å². The van der Waals surface area contributed by atoms with Gasteiger partial charge in [0.1, 0.15) is 23.8 Å². The number of carbonyl (C=O) groups excluding carboxylic acids is 2. The van der Waals surface area contributed by atoms with Crippen molar-refractivity contribution < 1.29 is 27.9 Å². The normalized spacial score (nSPS) is 22.7. The summed E-state index contributed by atoms with van der Waals surface area (Å²) in [4.78, 5) is 49.1. The second kappa shape index (κ2) is 10.7. The summed E-state index contributed by atoms with van der Waals surface area (Å²) in [5, 5.41) is 6.79. The molecule has 1 unspecified atom stereocenters. The van der Waals surface area contributed by atoms with Gasteiger partial charge in [-0.3, -0.25) is 14.4 Å². The van der Waals surface area contributed by atoms with Gasteiger partial charge in [0, 0.05) is 43.4 Å². The molecule has 1 spiro atoms. The number of ether oxygens (including phenoxy) is 1. The number of halogens is 2. The topological polar surface area (TPSA) is 102 Å². The van der Waals surface area contributed by atoms with Gasteiger partial charge in [0.2, 0.25) is 5.43 Å². The maximum absolute atomic E-state index is 14.2. The van der Waals surface area contributed by atoms with E-state index in [1.54, 1.807) is 9.47 Å². The van der Waals surface area contributed by atoms with Crippen LogP contribution >= 0.6 is 0 Å². The van der Waals surface area contributed by atoms with Gasteiger partial charge in [0.15, 0.2) is 17.0 Å². The molecule has 3 aliphatic rings. The van der Waals surface area contributed by atoms with E-state index in [1.165, 1.54) is 12.3 Å². The number of nitrogens with zero attached hydrogens (tertiary/aromatic N) is 3. The van der Waals surface area contributed by atoms with Crippen molar-refractivity contribution in [2.24, 2.45) is 5.16 Å². The molecule has 218 valence electrons. The van der Waals surface area contributed by atoms with Crippen molar-refractivity contribution >= 4 is 17.5 Å². The van der Waals surface area contributed by atoms with E-state index in [0.29, 0.717) is 25.8 Å². The molecule has 4 heterocycles. The van der Waals surface area contributed by atoms with Crippen molar-refractivity contribution in [3.05, 3.63) is 99.0 Å². The molecule has 1 N–H and O–H groups in total. The summed E-state index contributed by atoms with van der Waals surface area (Å²) >= 11 is 0. The van der Waals surface area contributed by atoms with Crippen LogP contribution in [-0.2, 0) is 18.0 Å². The molecule has 2 aromatic carbocycles. The van der Waals surface area contributed by atoms with Gasteiger partial charge in [0.25, 0.3) is 11.8 Å². The van der Waals surface area contributed by atoms with Crippen molar-refractivity contribution in [3.63, 3.8) is 0 Å². The van der Waals surface area contributed by atoms with Gasteiger partial charge in [-0.1, -0.05) is 41.6 Å². The summed E-state index contributed by atoms with van der Waals surface area (Å²) in [5.74, 6) is -2.95. The third-order valence-electron chi connectivity index (χ3n) is 8.35. The van der Waals surface area contributed by atoms with Gasteiger partial charge in [0.05, 0.1) is 11.8 Å². The minimum absolute atomic E-state index is 0.00763. The predicted molar refractivity (Wildman–Crippen MR) is 149 cm³/mol. The average Bonchev–Trinajstić information content (AvgIpc) is 3.31. The van der Waals surface area contributed by atoms with Gasteiger partial charge in [-0.2, -0.15) is 0 Å². The van der Waals surface area contributed by atoms with E-state index in [4.69, 9.17) is 9.57 Å². The Morgan fingerprint density at radius 2 is 1.98 bits per heavy atom. The van der Waals surface area contributed by atoms with Crippen molar-refractivity contribution in [2.45, 2.75) is 63.9 Å². The second-order valence-corrected chi connectivity index (χ2v) is 11.2. The Kier molecular flexibility index (Phi) is 7.04. The monoisotopic (exact) mass is 576 g/mol. The van der Waals surface area contributed by atoms with Gasteiger partial charge >= 0.3 is 0 Å². The smallest absolute Gasteiger partial charge is 0.274 e. The average molecular weight is 577 g/mol. The predicted octanol–water partition coefficient (Wildman–Crippen LogP) is 4.35. The molecule has 11 heteroatoms. The minimum Gasteiger partial charge on any atom is -0.483 e. The molecule has 9 nitrogen and oxygen atoms in total. The fraction of sp³-hybridized carbons (Fsp3) is 0.355. The highest BCUT2D eigenvalue weighted by atomic mass is 19.1. The molecular formula is C31H30F2N4O5. The van der Waals surface area contributed by atoms with Gasteiger partial charge in [-0.05, 0) is 38.3 Å². The lowest BCUT2D eigenvalue weighted by molar-refractivity contribution is -0.0656. The molecule has 3 atom stereocenters. The highest BCUT2D eigenvalue weighted by molar-refractivity contribution is 5.99. The Labute approximate surface area is 240 Å². The van der Waals surface area contributed by atoms with Crippen LogP contribution in [0, 0.1) is 11.6 Å². The first-order chi connectivity index (χ1) is 20.2. The zero-order valence-electron chi connectivity index (χ0n) is 23.2. The highest BCUT2D eigenvalue weighted by Gasteiger charge is 2.53. The molecule has 42 heavy (non-hydrogen) atoms. The molecule has 1 aromatic heterocycles. The molecule has 2 bridgehead atoms. The maximum atomic E-state index is 14.2. The van der Waals surface area contributed by atoms with Crippen LogP contribution in [0.25, 0.3) is 0 Å². The molecular weight excluding hydrogens is 546 g/mol. The Morgan fingerprint density at radius 3 is 2.69 bits per heavy atom. The molecule has 0 radical (unpaired) electrons. The first-order valence-electron chi connectivity index (χ1n) is 13.9. The highest BCUT2D eigenvalue weighted by Crippen LogP contribution is 2.46. The van der Waals surface area contributed by atoms with Crippen LogP contribution in [0.1, 0.15) is 71.1 Å². The molecule has 1 saturated heterocycles. The largest absolute Gasteiger partial charge is 0.483 e. The zero-order valence-corrected chi connectivity index (χ0v) is 23.2. The van der Waals surface area contributed by atoms with E-state index >= 15 is 0 Å². The number of hydrogen-bond donors (Lipinski definition) is 1. The van der Waals surface area contributed by atoms with Crippen LogP contribution in [0.15, 0.2) is 64.7 Å². The van der Waals surface area contributed by atoms with Crippen molar-refractivity contribution in [1.29, 1.82) is 0 Å². The Morgan fingerprint density at radius 1 is 1.19 bits per heavy atom. The standard InChI is InChI=1S/C31H30F2N4O5/c1-18-13-31(42-35-18)11-10-19(2)36-16-25(31)37-15-23(29(39)34-14-21-8-9-22(32)12-24(21)33)27(38)28(26(37)30(36)40)41-17-20-6-4-3-5-7-20/h3-9,12,15,19,25H,10-11,13-14,16-17H2,1-2H3,(H,34,39)/t19-,25?,31+/m0/s1. The first-order valence-corrected chi connectivity index (χ1v) is 13.9. The van der Waals surface area contributed by atoms with Gasteiger partial charge < -0.3 is 24.4 Å². The number of nitrogens with one attached hydrogen (secondary N) is 1. The number of hydrogen-bond acceptors (Lipinski definition) is 6. The number of rotatable bonds is 6. The van der Waals surface area contributed by atoms with Gasteiger partial charge in [-0.15, -0.1) is 0 Å². The zero-order chi connectivity index (χ0) is 29.6. The van der Waals surface area contributed by atoms with Crippen molar-refractivity contribution in [1.82, 2.24) is 14.8 Å². The molecule has 0 saturated carbocycles. The van der Waals surface area contributed by atoms with E-state index < -0.39 is 34.6 Å². The molecule has 1 fully saturated rings. The summed E-state index contributed by atoms with van der Waals surface area (Å²) in [6.45, 7) is 3.86. The number of carbonyl (C=O) groups is 2. The van der Waals surface area contributed by atoms with Crippen LogP contribution in [-0.4, -0.2) is 45.2 Å². The van der Waals surface area contributed by atoms with Crippen molar-refractivity contribution in [3.8, 4) is 5.75 Å². The summed E-state index contributed by atoms with van der Waals surface area (Å²) in [5.41, 5.74) is -0.119. The first kappa shape index (κ1) is 27.6. The van der Waals surface area contributed by atoms with E-state index in [1.807, 2.05) is 44.2 Å². The number of oxime groups is 1. The fourth-order valence-corrected chi connectivity index (χ4v) is 6.07. The second-order valence-electron chi connectivity index (χ2n) is 11.2. The van der Waals surface area contributed by atoms with Crippen LogP contribution in [0.3, 0.4) is 0 Å². The fourth-order valence-electron chi connectivity index (χ4n) is 6.07. The summed E-state index contributed by atoms with van der Waals surface area (Å²) in [6, 6.07) is 11.6. The van der Waals surface area contributed by atoms with Crippen LogP contribution in [0.2, 0.25) is 0 Å². The quantitative estimate of drug-likeness (QED) is 0.470. The van der Waals surface area contributed by atoms with Crippen LogP contribution < -0.4 is 15.5 Å². The lowest BCUT2D eigenvalue weighted by Gasteiger charge is -2.42. The van der Waals surface area contributed by atoms with E-state index in [0.717, 1.165) is 23.4 Å². The number of aromatic nitrogens is 1. The Bertz CT molecular complexity index is 1660. The Balaban J connectivity index is 1.45.